The molecule has 4 heterocycles. The third-order valence-corrected chi connectivity index (χ3v) is 7.29. The van der Waals surface area contributed by atoms with Crippen LogP contribution in [0.5, 0.6) is 5.75 Å². The minimum atomic E-state index is -0.102. The number of ether oxygens (including phenoxy) is 1. The lowest BCUT2D eigenvalue weighted by Crippen LogP contribution is -2.61. The van der Waals surface area contributed by atoms with E-state index in [0.717, 1.165) is 69.5 Å². The molecule has 0 unspecified atom stereocenters. The molecule has 1 spiro atoms. The van der Waals surface area contributed by atoms with Crippen LogP contribution in [-0.2, 0) is 6.42 Å². The van der Waals surface area contributed by atoms with Gasteiger partial charge in [-0.15, -0.1) is 0 Å². The maximum atomic E-state index is 13.2. The van der Waals surface area contributed by atoms with Crippen LogP contribution in [0, 0.1) is 0 Å². The van der Waals surface area contributed by atoms with E-state index in [1.54, 1.807) is 6.07 Å². The predicted molar refractivity (Wildman–Crippen MR) is 102 cm³/mol. The van der Waals surface area contributed by atoms with Crippen LogP contribution < -0.4 is 10.1 Å². The van der Waals surface area contributed by atoms with Gasteiger partial charge in [-0.3, -0.25) is 4.79 Å². The molecule has 1 aromatic carbocycles. The Morgan fingerprint density at radius 2 is 1.73 bits per heavy atom. The minimum absolute atomic E-state index is 0.00744. The molecule has 2 bridgehead atoms. The van der Waals surface area contributed by atoms with E-state index in [2.05, 4.69) is 10.2 Å². The topological polar surface area (TPSA) is 41.6 Å². The second-order valence-corrected chi connectivity index (χ2v) is 9.23. The molecule has 4 aliphatic heterocycles. The molecule has 0 aromatic heterocycles. The summed E-state index contributed by atoms with van der Waals surface area (Å²) in [4.78, 5) is 15.7. The van der Waals surface area contributed by atoms with E-state index < -0.39 is 0 Å². The number of carbonyl (C=O) groups is 1. The summed E-state index contributed by atoms with van der Waals surface area (Å²) in [7, 11) is 0. The normalized spacial score (nSPS) is 31.5. The Labute approximate surface area is 160 Å². The largest absolute Gasteiger partial charge is 0.486 e. The predicted octanol–water partition coefficient (Wildman–Crippen LogP) is 3.95. The maximum Gasteiger partial charge on any atom is 0.255 e. The van der Waals surface area contributed by atoms with Gasteiger partial charge in [-0.1, -0.05) is 18.0 Å². The van der Waals surface area contributed by atoms with Crippen LogP contribution in [0.1, 0.15) is 67.3 Å². The first-order valence-electron chi connectivity index (χ1n) is 10.1. The Kier molecular flexibility index (Phi) is 3.98. The van der Waals surface area contributed by atoms with Crippen molar-refractivity contribution in [3.63, 3.8) is 0 Å². The van der Waals surface area contributed by atoms with Crippen LogP contribution in [0.25, 0.3) is 0 Å². The molecule has 4 fully saturated rings. The van der Waals surface area contributed by atoms with Crippen molar-refractivity contribution in [1.29, 1.82) is 0 Å². The fraction of sp³-hybridized carbons (Fsp3) is 0.667. The van der Waals surface area contributed by atoms with Gasteiger partial charge in [0, 0.05) is 42.2 Å². The highest BCUT2D eigenvalue weighted by Gasteiger charge is 2.44. The van der Waals surface area contributed by atoms with Gasteiger partial charge in [0.25, 0.3) is 5.91 Å². The smallest absolute Gasteiger partial charge is 0.255 e. The van der Waals surface area contributed by atoms with Gasteiger partial charge in [-0.2, -0.15) is 0 Å². The Bertz CT molecular complexity index is 720. The van der Waals surface area contributed by atoms with Crippen molar-refractivity contribution in [2.75, 3.05) is 19.6 Å². The molecule has 140 valence electrons. The van der Waals surface area contributed by atoms with E-state index in [4.69, 9.17) is 16.3 Å². The summed E-state index contributed by atoms with van der Waals surface area (Å²) >= 11 is 6.38. The molecular formula is C21H27ClN2O2. The molecule has 1 saturated carbocycles. The van der Waals surface area contributed by atoms with Crippen molar-refractivity contribution in [3.05, 3.63) is 28.3 Å². The van der Waals surface area contributed by atoms with Gasteiger partial charge in [-0.05, 0) is 57.1 Å². The van der Waals surface area contributed by atoms with E-state index in [1.807, 2.05) is 6.07 Å². The first kappa shape index (κ1) is 16.9. The molecule has 1 amide bonds. The fourth-order valence-electron chi connectivity index (χ4n) is 5.47. The summed E-state index contributed by atoms with van der Waals surface area (Å²) in [5, 5.41) is 4.02. The molecule has 1 N–H and O–H groups in total. The molecule has 1 aliphatic carbocycles. The molecule has 5 aliphatic rings. The lowest BCUT2D eigenvalue weighted by molar-refractivity contribution is 0.0468. The summed E-state index contributed by atoms with van der Waals surface area (Å²) in [5.41, 5.74) is 1.61. The van der Waals surface area contributed by atoms with Crippen LogP contribution in [0.15, 0.2) is 12.1 Å². The summed E-state index contributed by atoms with van der Waals surface area (Å²) in [6.07, 6.45) is 9.91. The second kappa shape index (κ2) is 6.13. The lowest BCUT2D eigenvalue weighted by atomic mass is 9.79. The molecule has 3 saturated heterocycles. The van der Waals surface area contributed by atoms with E-state index in [1.165, 1.54) is 19.3 Å². The van der Waals surface area contributed by atoms with Gasteiger partial charge in [-0.25, -0.2) is 0 Å². The average Bonchev–Trinajstić information content (AvgIpc) is 2.99. The Balaban J connectivity index is 1.42. The Morgan fingerprint density at radius 1 is 1.04 bits per heavy atom. The standard InChI is InChI=1S/C21H27ClN2O2/c22-16-12-15-14-21(4-2-1-3-5-21)26-18(15)17(13-16)19(25)23-20-6-9-24(10-7-20)11-8-20/h12-13H,1-11,14H2,(H,23,25). The number of carbonyl (C=O) groups excluding carboxylic acids is 1. The third-order valence-electron chi connectivity index (χ3n) is 7.07. The highest BCUT2D eigenvalue weighted by Crippen LogP contribution is 2.46. The number of amides is 1. The van der Waals surface area contributed by atoms with Crippen molar-refractivity contribution in [2.45, 2.75) is 68.9 Å². The molecule has 1 aromatic rings. The number of hydrogen-bond acceptors (Lipinski definition) is 3. The fourth-order valence-corrected chi connectivity index (χ4v) is 5.71. The number of nitrogens with zero attached hydrogens (tertiary/aromatic N) is 1. The summed E-state index contributed by atoms with van der Waals surface area (Å²) in [5.74, 6) is 0.783. The van der Waals surface area contributed by atoms with Gasteiger partial charge in [0.1, 0.15) is 11.4 Å². The van der Waals surface area contributed by atoms with E-state index >= 15 is 0 Å². The summed E-state index contributed by atoms with van der Waals surface area (Å²) in [6.45, 7) is 3.27. The van der Waals surface area contributed by atoms with Crippen LogP contribution >= 0.6 is 11.6 Å². The number of halogens is 1. The number of hydrogen-bond donors (Lipinski definition) is 1. The highest BCUT2D eigenvalue weighted by molar-refractivity contribution is 6.31. The zero-order chi connectivity index (χ0) is 17.8. The van der Waals surface area contributed by atoms with Crippen molar-refractivity contribution in [3.8, 4) is 5.75 Å². The van der Waals surface area contributed by atoms with Gasteiger partial charge in [0.2, 0.25) is 0 Å². The molecule has 0 atom stereocenters. The third kappa shape index (κ3) is 2.82. The van der Waals surface area contributed by atoms with Crippen LogP contribution in [0.2, 0.25) is 5.02 Å². The van der Waals surface area contributed by atoms with E-state index in [0.29, 0.717) is 10.6 Å². The zero-order valence-electron chi connectivity index (χ0n) is 15.3. The first-order chi connectivity index (χ1) is 12.6. The number of piperidine rings is 3. The van der Waals surface area contributed by atoms with Crippen molar-refractivity contribution >= 4 is 17.5 Å². The monoisotopic (exact) mass is 374 g/mol. The zero-order valence-corrected chi connectivity index (χ0v) is 16.0. The van der Waals surface area contributed by atoms with E-state index in [9.17, 15) is 4.79 Å². The van der Waals surface area contributed by atoms with Crippen LogP contribution in [0.4, 0.5) is 0 Å². The lowest BCUT2D eigenvalue weighted by Gasteiger charge is -2.48. The number of benzene rings is 1. The molecule has 5 heteroatoms. The summed E-state index contributed by atoms with van der Waals surface area (Å²) < 4.78 is 6.48. The van der Waals surface area contributed by atoms with Gasteiger partial charge >= 0.3 is 0 Å². The van der Waals surface area contributed by atoms with E-state index in [-0.39, 0.29) is 17.0 Å². The SMILES string of the molecule is O=C(NC12CCN(CC1)CC2)c1cc(Cl)cc2c1OC1(CCCCC1)C2. The Hall–Kier alpha value is -1.26. The molecular weight excluding hydrogens is 348 g/mol. The van der Waals surface area contributed by atoms with Gasteiger partial charge in [0.05, 0.1) is 5.56 Å². The number of nitrogens with one attached hydrogen (secondary N) is 1. The van der Waals surface area contributed by atoms with Crippen molar-refractivity contribution in [1.82, 2.24) is 10.2 Å². The van der Waals surface area contributed by atoms with Gasteiger partial charge < -0.3 is 15.0 Å². The first-order valence-corrected chi connectivity index (χ1v) is 10.5. The van der Waals surface area contributed by atoms with Crippen LogP contribution in [0.3, 0.4) is 0 Å². The van der Waals surface area contributed by atoms with Gasteiger partial charge in [0.15, 0.2) is 0 Å². The molecule has 0 radical (unpaired) electrons. The van der Waals surface area contributed by atoms with Crippen molar-refractivity contribution in [2.24, 2.45) is 0 Å². The maximum absolute atomic E-state index is 13.2. The molecule has 26 heavy (non-hydrogen) atoms. The van der Waals surface area contributed by atoms with Crippen LogP contribution in [-0.4, -0.2) is 41.6 Å². The minimum Gasteiger partial charge on any atom is -0.486 e. The highest BCUT2D eigenvalue weighted by atomic mass is 35.5. The Morgan fingerprint density at radius 3 is 2.42 bits per heavy atom. The average molecular weight is 375 g/mol. The second-order valence-electron chi connectivity index (χ2n) is 8.79. The summed E-state index contributed by atoms with van der Waals surface area (Å²) in [6, 6.07) is 3.79. The number of fused-ring (bicyclic) bond motifs is 4. The molecule has 6 rings (SSSR count). The van der Waals surface area contributed by atoms with Crippen molar-refractivity contribution < 1.29 is 9.53 Å². The number of rotatable bonds is 2. The molecule has 4 nitrogen and oxygen atoms in total. The quantitative estimate of drug-likeness (QED) is 0.852.